The molecule has 0 N–H and O–H groups in total. The fourth-order valence-corrected chi connectivity index (χ4v) is 2.96. The van der Waals surface area contributed by atoms with Gasteiger partial charge < -0.3 is 14.2 Å². The predicted octanol–water partition coefficient (Wildman–Crippen LogP) is 5.62. The number of carbonyl (C=O) groups is 1. The molecule has 0 aliphatic rings. The van der Waals surface area contributed by atoms with Crippen molar-refractivity contribution in [3.63, 3.8) is 0 Å². The minimum atomic E-state index is -0.306. The van der Waals surface area contributed by atoms with Crippen LogP contribution in [0.25, 0.3) is 0 Å². The monoisotopic (exact) mass is 402 g/mol. The van der Waals surface area contributed by atoms with Crippen molar-refractivity contribution in [2.24, 2.45) is 0 Å². The van der Waals surface area contributed by atoms with Crippen LogP contribution in [0, 0.1) is 0 Å². The summed E-state index contributed by atoms with van der Waals surface area (Å²) in [5.41, 5.74) is 2.68. The summed E-state index contributed by atoms with van der Waals surface area (Å²) in [6.07, 6.45) is 3.10. The van der Waals surface area contributed by atoms with Crippen LogP contribution in [0.2, 0.25) is 0 Å². The van der Waals surface area contributed by atoms with E-state index in [1.807, 2.05) is 66.7 Å². The van der Waals surface area contributed by atoms with Crippen LogP contribution < -0.4 is 9.47 Å². The summed E-state index contributed by atoms with van der Waals surface area (Å²) in [5.74, 6) is 1.26. The SMILES string of the molecule is C=CCOc1ccc(OCc2ccccc2)c(CCCOC(=O)c2ccccc2)c1. The first-order chi connectivity index (χ1) is 14.8. The van der Waals surface area contributed by atoms with Crippen molar-refractivity contribution >= 4 is 5.97 Å². The van der Waals surface area contributed by atoms with Gasteiger partial charge in [-0.1, -0.05) is 61.2 Å². The highest BCUT2D eigenvalue weighted by molar-refractivity contribution is 5.89. The van der Waals surface area contributed by atoms with Gasteiger partial charge in [0, 0.05) is 0 Å². The summed E-state index contributed by atoms with van der Waals surface area (Å²) < 4.78 is 17.1. The van der Waals surface area contributed by atoms with Gasteiger partial charge in [-0.25, -0.2) is 4.79 Å². The van der Waals surface area contributed by atoms with Crippen molar-refractivity contribution in [1.82, 2.24) is 0 Å². The van der Waals surface area contributed by atoms with Crippen molar-refractivity contribution in [2.75, 3.05) is 13.2 Å². The van der Waals surface area contributed by atoms with Crippen molar-refractivity contribution in [3.05, 3.63) is 108 Å². The first-order valence-corrected chi connectivity index (χ1v) is 10.0. The van der Waals surface area contributed by atoms with Crippen LogP contribution in [0.5, 0.6) is 11.5 Å². The minimum Gasteiger partial charge on any atom is -0.490 e. The lowest BCUT2D eigenvalue weighted by Crippen LogP contribution is -2.07. The fourth-order valence-electron chi connectivity index (χ4n) is 2.96. The number of ether oxygens (including phenoxy) is 3. The Kier molecular flexibility index (Phi) is 8.10. The van der Waals surface area contributed by atoms with Crippen LogP contribution in [-0.4, -0.2) is 19.2 Å². The number of hydrogen-bond donors (Lipinski definition) is 0. The average Bonchev–Trinajstić information content (AvgIpc) is 2.80. The molecular weight excluding hydrogens is 376 g/mol. The van der Waals surface area contributed by atoms with E-state index < -0.39 is 0 Å². The number of carbonyl (C=O) groups excluding carboxylic acids is 1. The van der Waals surface area contributed by atoms with E-state index in [9.17, 15) is 4.79 Å². The van der Waals surface area contributed by atoms with Gasteiger partial charge in [0.25, 0.3) is 0 Å². The number of benzene rings is 3. The molecule has 0 bridgehead atoms. The molecule has 0 amide bonds. The molecule has 4 heteroatoms. The fraction of sp³-hybridized carbons (Fsp3) is 0.192. The van der Waals surface area contributed by atoms with Crippen molar-refractivity contribution in [3.8, 4) is 11.5 Å². The Morgan fingerprint density at radius 1 is 0.900 bits per heavy atom. The molecule has 4 nitrogen and oxygen atoms in total. The first-order valence-electron chi connectivity index (χ1n) is 10.0. The normalized spacial score (nSPS) is 10.3. The number of rotatable bonds is 11. The first kappa shape index (κ1) is 21.2. The van der Waals surface area contributed by atoms with Crippen molar-refractivity contribution in [1.29, 1.82) is 0 Å². The minimum absolute atomic E-state index is 0.306. The Balaban J connectivity index is 1.59. The van der Waals surface area contributed by atoms with E-state index in [1.165, 1.54) is 0 Å². The Hall–Kier alpha value is -3.53. The summed E-state index contributed by atoms with van der Waals surface area (Å²) >= 11 is 0. The summed E-state index contributed by atoms with van der Waals surface area (Å²) in [6.45, 7) is 4.95. The zero-order valence-corrected chi connectivity index (χ0v) is 17.0. The third-order valence-corrected chi connectivity index (χ3v) is 4.47. The molecule has 0 radical (unpaired) electrons. The van der Waals surface area contributed by atoms with Crippen LogP contribution in [0.15, 0.2) is 91.5 Å². The summed E-state index contributed by atoms with van der Waals surface area (Å²) in [7, 11) is 0. The molecule has 3 aromatic rings. The highest BCUT2D eigenvalue weighted by Gasteiger charge is 2.09. The molecule has 0 fully saturated rings. The summed E-state index contributed by atoms with van der Waals surface area (Å²) in [6, 6.07) is 24.8. The average molecular weight is 402 g/mol. The van der Waals surface area contributed by atoms with Gasteiger partial charge >= 0.3 is 5.97 Å². The smallest absolute Gasteiger partial charge is 0.338 e. The van der Waals surface area contributed by atoms with E-state index in [0.29, 0.717) is 38.2 Å². The molecule has 0 aromatic heterocycles. The standard InChI is InChI=1S/C26H26O4/c1-2-17-28-24-15-16-25(30-20-21-10-5-3-6-11-21)23(19-24)14-9-18-29-26(27)22-12-7-4-8-13-22/h2-8,10-13,15-16,19H,1,9,14,17-18,20H2. The largest absolute Gasteiger partial charge is 0.490 e. The van der Waals surface area contributed by atoms with E-state index in [1.54, 1.807) is 18.2 Å². The maximum atomic E-state index is 12.1. The molecular formula is C26H26O4. The lowest BCUT2D eigenvalue weighted by atomic mass is 10.1. The van der Waals surface area contributed by atoms with Gasteiger partial charge in [-0.2, -0.15) is 0 Å². The Morgan fingerprint density at radius 2 is 1.63 bits per heavy atom. The highest BCUT2D eigenvalue weighted by atomic mass is 16.5. The predicted molar refractivity (Wildman–Crippen MR) is 118 cm³/mol. The second kappa shape index (κ2) is 11.5. The van der Waals surface area contributed by atoms with Gasteiger partial charge in [0.1, 0.15) is 24.7 Å². The molecule has 3 rings (SSSR count). The lowest BCUT2D eigenvalue weighted by Gasteiger charge is -2.14. The maximum absolute atomic E-state index is 12.1. The molecule has 0 aliphatic carbocycles. The maximum Gasteiger partial charge on any atom is 0.338 e. The molecule has 0 spiro atoms. The molecule has 154 valence electrons. The second-order valence-corrected chi connectivity index (χ2v) is 6.75. The van der Waals surface area contributed by atoms with Gasteiger partial charge in [-0.15, -0.1) is 0 Å². The van der Waals surface area contributed by atoms with Crippen molar-refractivity contribution < 1.29 is 19.0 Å². The highest BCUT2D eigenvalue weighted by Crippen LogP contribution is 2.26. The van der Waals surface area contributed by atoms with Crippen LogP contribution in [0.4, 0.5) is 0 Å². The van der Waals surface area contributed by atoms with Gasteiger partial charge in [0.2, 0.25) is 0 Å². The quantitative estimate of drug-likeness (QED) is 0.237. The van der Waals surface area contributed by atoms with E-state index in [2.05, 4.69) is 6.58 Å². The zero-order chi connectivity index (χ0) is 21.0. The summed E-state index contributed by atoms with van der Waals surface area (Å²) in [5, 5.41) is 0. The number of aryl methyl sites for hydroxylation is 1. The van der Waals surface area contributed by atoms with Gasteiger partial charge in [-0.05, 0) is 54.3 Å². The molecule has 0 atom stereocenters. The lowest BCUT2D eigenvalue weighted by molar-refractivity contribution is 0.0500. The second-order valence-electron chi connectivity index (χ2n) is 6.75. The van der Waals surface area contributed by atoms with Crippen molar-refractivity contribution in [2.45, 2.75) is 19.4 Å². The van der Waals surface area contributed by atoms with Crippen LogP contribution >= 0.6 is 0 Å². The number of esters is 1. The van der Waals surface area contributed by atoms with Crippen LogP contribution in [0.1, 0.15) is 27.9 Å². The number of hydrogen-bond acceptors (Lipinski definition) is 4. The van der Waals surface area contributed by atoms with E-state index in [0.717, 1.165) is 22.6 Å². The van der Waals surface area contributed by atoms with Crippen LogP contribution in [-0.2, 0) is 17.8 Å². The zero-order valence-electron chi connectivity index (χ0n) is 17.0. The third kappa shape index (κ3) is 6.52. The Labute approximate surface area is 177 Å². The Bertz CT molecular complexity index is 936. The molecule has 0 unspecified atom stereocenters. The molecule has 0 saturated heterocycles. The van der Waals surface area contributed by atoms with Crippen LogP contribution in [0.3, 0.4) is 0 Å². The van der Waals surface area contributed by atoms with E-state index >= 15 is 0 Å². The molecule has 0 heterocycles. The van der Waals surface area contributed by atoms with Gasteiger partial charge in [0.05, 0.1) is 12.2 Å². The molecule has 30 heavy (non-hydrogen) atoms. The van der Waals surface area contributed by atoms with Gasteiger partial charge in [-0.3, -0.25) is 0 Å². The molecule has 3 aromatic carbocycles. The topological polar surface area (TPSA) is 44.8 Å². The summed E-state index contributed by atoms with van der Waals surface area (Å²) in [4.78, 5) is 12.1. The van der Waals surface area contributed by atoms with E-state index in [4.69, 9.17) is 14.2 Å². The third-order valence-electron chi connectivity index (χ3n) is 4.47. The molecule has 0 saturated carbocycles. The Morgan fingerprint density at radius 3 is 2.37 bits per heavy atom. The molecule has 0 aliphatic heterocycles. The van der Waals surface area contributed by atoms with Gasteiger partial charge in [0.15, 0.2) is 0 Å². The van der Waals surface area contributed by atoms with E-state index in [-0.39, 0.29) is 5.97 Å².